The van der Waals surface area contributed by atoms with Crippen molar-refractivity contribution < 1.29 is 14.0 Å². The maximum atomic E-state index is 12.7. The molecule has 1 saturated carbocycles. The molecule has 6 nitrogen and oxygen atoms in total. The number of nitrogens with one attached hydrogen (secondary N) is 2. The van der Waals surface area contributed by atoms with Crippen molar-refractivity contribution in [2.45, 2.75) is 57.4 Å². The van der Waals surface area contributed by atoms with Gasteiger partial charge in [0.1, 0.15) is 11.3 Å². The van der Waals surface area contributed by atoms with Crippen LogP contribution in [0.3, 0.4) is 0 Å². The summed E-state index contributed by atoms with van der Waals surface area (Å²) < 4.78 is 5.41. The molecule has 3 atom stereocenters. The first-order valence-corrected chi connectivity index (χ1v) is 9.66. The van der Waals surface area contributed by atoms with Gasteiger partial charge < -0.3 is 14.7 Å². The van der Waals surface area contributed by atoms with E-state index < -0.39 is 11.5 Å². The van der Waals surface area contributed by atoms with Gasteiger partial charge in [0, 0.05) is 29.6 Å². The maximum absolute atomic E-state index is 12.7. The van der Waals surface area contributed by atoms with Crippen molar-refractivity contribution in [3.8, 4) is 0 Å². The average Bonchev–Trinajstić information content (AvgIpc) is 3.17. The summed E-state index contributed by atoms with van der Waals surface area (Å²) in [5, 5.41) is 2.99. The van der Waals surface area contributed by atoms with E-state index in [0.717, 1.165) is 25.0 Å². The Balaban J connectivity index is 1.58. The lowest BCUT2D eigenvalue weighted by Crippen LogP contribution is -2.43. The first-order chi connectivity index (χ1) is 13.0. The van der Waals surface area contributed by atoms with Crippen LogP contribution < -0.4 is 10.9 Å². The van der Waals surface area contributed by atoms with E-state index in [4.69, 9.17) is 4.42 Å². The van der Waals surface area contributed by atoms with Gasteiger partial charge in [-0.1, -0.05) is 19.8 Å². The van der Waals surface area contributed by atoms with Crippen LogP contribution in [0.5, 0.6) is 0 Å². The molecule has 2 aliphatic carbocycles. The number of pyridine rings is 1. The summed E-state index contributed by atoms with van der Waals surface area (Å²) in [5.74, 6) is 0.587. The summed E-state index contributed by atoms with van der Waals surface area (Å²) in [6, 6.07) is 5.18. The number of carbonyl (C=O) groups is 2. The van der Waals surface area contributed by atoms with Crippen molar-refractivity contribution in [3.63, 3.8) is 0 Å². The molecule has 1 fully saturated rings. The second-order valence-corrected chi connectivity index (χ2v) is 7.79. The third kappa shape index (κ3) is 3.48. The van der Waals surface area contributed by atoms with Crippen LogP contribution in [0.2, 0.25) is 0 Å². The van der Waals surface area contributed by atoms with Crippen LogP contribution in [0, 0.1) is 5.92 Å². The molecule has 0 spiro atoms. The second kappa shape index (κ2) is 7.18. The molecule has 6 heteroatoms. The Morgan fingerprint density at radius 2 is 2.04 bits per heavy atom. The lowest BCUT2D eigenvalue weighted by molar-refractivity contribution is 0.0908. The van der Waals surface area contributed by atoms with E-state index in [-0.39, 0.29) is 23.3 Å². The Bertz CT molecular complexity index is 913. The third-order valence-corrected chi connectivity index (χ3v) is 5.92. The second-order valence-electron chi connectivity index (χ2n) is 7.79. The number of hydrogen-bond donors (Lipinski definition) is 2. The highest BCUT2D eigenvalue weighted by Crippen LogP contribution is 2.32. The number of amides is 1. The van der Waals surface area contributed by atoms with Gasteiger partial charge in [-0.05, 0) is 43.4 Å². The summed E-state index contributed by atoms with van der Waals surface area (Å²) in [7, 11) is 0. The van der Waals surface area contributed by atoms with Crippen LogP contribution in [-0.4, -0.2) is 22.7 Å². The lowest BCUT2D eigenvalue weighted by atomic mass is 9.83. The molecule has 4 rings (SSSR count). The van der Waals surface area contributed by atoms with Crippen LogP contribution in [0.15, 0.2) is 33.7 Å². The summed E-state index contributed by atoms with van der Waals surface area (Å²) in [6.07, 6.45) is 6.69. The highest BCUT2D eigenvalue weighted by Gasteiger charge is 2.31. The molecule has 1 amide bonds. The van der Waals surface area contributed by atoms with Crippen molar-refractivity contribution in [1.82, 2.24) is 10.3 Å². The first-order valence-electron chi connectivity index (χ1n) is 9.66. The van der Waals surface area contributed by atoms with E-state index in [1.807, 2.05) is 6.07 Å². The fourth-order valence-corrected chi connectivity index (χ4v) is 4.30. The van der Waals surface area contributed by atoms with Gasteiger partial charge >= 0.3 is 0 Å². The topological polar surface area (TPSA) is 92.2 Å². The van der Waals surface area contributed by atoms with Crippen molar-refractivity contribution in [1.29, 1.82) is 0 Å². The minimum absolute atomic E-state index is 0.0244. The molecule has 2 aromatic heterocycles. The summed E-state index contributed by atoms with van der Waals surface area (Å²) >= 11 is 0. The monoisotopic (exact) mass is 368 g/mol. The van der Waals surface area contributed by atoms with Gasteiger partial charge in [0.2, 0.25) is 0 Å². The predicted molar refractivity (Wildman–Crippen MR) is 100 cm³/mol. The van der Waals surface area contributed by atoms with Gasteiger partial charge in [-0.3, -0.25) is 14.4 Å². The molecule has 2 N–H and O–H groups in total. The number of carbonyl (C=O) groups excluding carboxylic acids is 2. The molecule has 0 bridgehead atoms. The number of hydrogen-bond acceptors (Lipinski definition) is 4. The molecular formula is C21H24N2O4. The van der Waals surface area contributed by atoms with E-state index in [2.05, 4.69) is 17.2 Å². The number of aromatic amines is 1. The SMILES string of the molecule is C[C@@H]1CCCC[C@H]1NC(=O)c1cc2c([nH]c1=O)C[C@H](c1ccco1)CC2=O. The van der Waals surface area contributed by atoms with Crippen molar-refractivity contribution in [2.24, 2.45) is 5.92 Å². The Morgan fingerprint density at radius 1 is 1.22 bits per heavy atom. The average molecular weight is 368 g/mol. The Morgan fingerprint density at radius 3 is 2.78 bits per heavy atom. The quantitative estimate of drug-likeness (QED) is 0.870. The first kappa shape index (κ1) is 17.8. The molecule has 0 aromatic carbocycles. The lowest BCUT2D eigenvalue weighted by Gasteiger charge is -2.29. The highest BCUT2D eigenvalue weighted by molar-refractivity contribution is 6.02. The van der Waals surface area contributed by atoms with Gasteiger partial charge in [-0.2, -0.15) is 0 Å². The Hall–Kier alpha value is -2.63. The molecule has 0 saturated heterocycles. The van der Waals surface area contributed by atoms with Gasteiger partial charge in [0.05, 0.1) is 6.26 Å². The van der Waals surface area contributed by atoms with Crippen molar-refractivity contribution in [2.75, 3.05) is 0 Å². The fourth-order valence-electron chi connectivity index (χ4n) is 4.30. The molecule has 2 heterocycles. The number of furan rings is 1. The van der Waals surface area contributed by atoms with Crippen LogP contribution in [0.25, 0.3) is 0 Å². The van der Waals surface area contributed by atoms with E-state index in [1.165, 1.54) is 12.5 Å². The number of Topliss-reactive ketones (excluding diaryl/α,β-unsaturated/α-hetero) is 1. The fraction of sp³-hybridized carbons (Fsp3) is 0.476. The minimum Gasteiger partial charge on any atom is -0.469 e. The van der Waals surface area contributed by atoms with Crippen LogP contribution in [-0.2, 0) is 6.42 Å². The highest BCUT2D eigenvalue weighted by atomic mass is 16.3. The van der Waals surface area contributed by atoms with Gasteiger partial charge in [0.25, 0.3) is 11.5 Å². The van der Waals surface area contributed by atoms with Crippen LogP contribution in [0.4, 0.5) is 0 Å². The molecule has 0 unspecified atom stereocenters. The number of rotatable bonds is 3. The van der Waals surface area contributed by atoms with Crippen molar-refractivity contribution in [3.05, 3.63) is 57.4 Å². The summed E-state index contributed by atoms with van der Waals surface area (Å²) in [5.41, 5.74) is 0.610. The van der Waals surface area contributed by atoms with E-state index >= 15 is 0 Å². The molecule has 2 aromatic rings. The normalized spacial score (nSPS) is 25.1. The minimum atomic E-state index is -0.442. The number of H-pyrrole nitrogens is 1. The molecular weight excluding hydrogens is 344 g/mol. The molecule has 2 aliphatic rings. The number of ketones is 1. The maximum Gasteiger partial charge on any atom is 0.261 e. The van der Waals surface area contributed by atoms with Crippen molar-refractivity contribution >= 4 is 11.7 Å². The van der Waals surface area contributed by atoms with E-state index in [1.54, 1.807) is 12.3 Å². The number of fused-ring (bicyclic) bond motifs is 1. The van der Waals surface area contributed by atoms with Crippen LogP contribution in [0.1, 0.15) is 77.1 Å². The standard InChI is InChI=1S/C21H24N2O4/c1-12-5-2-3-6-16(12)22-20(25)15-11-14-17(23-21(15)26)9-13(10-18(14)24)19-7-4-8-27-19/h4,7-8,11-13,16H,2-3,5-6,9-10H2,1H3,(H,22,25)(H,23,26)/t12-,13+,16-/m1/s1. The zero-order valence-electron chi connectivity index (χ0n) is 15.4. The van der Waals surface area contributed by atoms with Gasteiger partial charge in [-0.25, -0.2) is 0 Å². The zero-order chi connectivity index (χ0) is 19.0. The number of aromatic nitrogens is 1. The van der Waals surface area contributed by atoms with E-state index in [0.29, 0.717) is 30.0 Å². The summed E-state index contributed by atoms with van der Waals surface area (Å²) in [6.45, 7) is 2.12. The van der Waals surface area contributed by atoms with Crippen LogP contribution >= 0.6 is 0 Å². The molecule has 0 radical (unpaired) electrons. The summed E-state index contributed by atoms with van der Waals surface area (Å²) in [4.78, 5) is 40.6. The largest absolute Gasteiger partial charge is 0.469 e. The van der Waals surface area contributed by atoms with Gasteiger partial charge in [0.15, 0.2) is 5.78 Å². The Labute approximate surface area is 157 Å². The molecule has 27 heavy (non-hydrogen) atoms. The van der Waals surface area contributed by atoms with Gasteiger partial charge in [-0.15, -0.1) is 0 Å². The molecule has 142 valence electrons. The zero-order valence-corrected chi connectivity index (χ0v) is 15.4. The smallest absolute Gasteiger partial charge is 0.261 e. The predicted octanol–water partition coefficient (Wildman–Crippen LogP) is 3.19. The van der Waals surface area contributed by atoms with E-state index in [9.17, 15) is 14.4 Å². The Kier molecular flexibility index (Phi) is 4.72. The third-order valence-electron chi connectivity index (χ3n) is 5.92. The molecule has 0 aliphatic heterocycles.